The lowest BCUT2D eigenvalue weighted by molar-refractivity contribution is -0.116. The van der Waals surface area contributed by atoms with E-state index in [9.17, 15) is 4.79 Å². The van der Waals surface area contributed by atoms with Gasteiger partial charge in [0.2, 0.25) is 11.1 Å². The molecule has 0 radical (unpaired) electrons. The van der Waals surface area contributed by atoms with Crippen molar-refractivity contribution in [3.63, 3.8) is 0 Å². The molecule has 0 bridgehead atoms. The van der Waals surface area contributed by atoms with Gasteiger partial charge in [0.15, 0.2) is 5.82 Å². The number of hydrogen-bond donors (Lipinski definition) is 2. The van der Waals surface area contributed by atoms with Gasteiger partial charge in [-0.25, -0.2) is 4.68 Å². The third-order valence-corrected chi connectivity index (χ3v) is 6.84. The number of benzene rings is 2. The molecule has 2 atom stereocenters. The smallest absolute Gasteiger partial charge is 0.240 e. The molecular weight excluding hydrogens is 406 g/mol. The second-order valence-electron chi connectivity index (χ2n) is 8.03. The average molecular weight is 436 g/mol. The van der Waals surface area contributed by atoms with E-state index in [0.717, 1.165) is 47.1 Å². The van der Waals surface area contributed by atoms with Gasteiger partial charge in [-0.15, -0.1) is 10.2 Å². The number of anilines is 1. The van der Waals surface area contributed by atoms with Gasteiger partial charge in [0.25, 0.3) is 0 Å². The molecule has 2 aromatic carbocycles. The van der Waals surface area contributed by atoms with Crippen molar-refractivity contribution in [1.29, 1.82) is 0 Å². The first kappa shape index (κ1) is 21.4. The van der Waals surface area contributed by atoms with Crippen molar-refractivity contribution in [2.24, 2.45) is 0 Å². The van der Waals surface area contributed by atoms with Crippen molar-refractivity contribution in [2.75, 3.05) is 10.7 Å². The molecule has 6 nitrogen and oxygen atoms in total. The predicted octanol–water partition coefficient (Wildman–Crippen LogP) is 4.81. The number of hydrogen-bond acceptors (Lipinski definition) is 5. The van der Waals surface area contributed by atoms with Gasteiger partial charge in [-0.3, -0.25) is 4.79 Å². The quantitative estimate of drug-likeness (QED) is 0.581. The minimum Gasteiger partial charge on any atom is -0.325 e. The highest BCUT2D eigenvalue weighted by molar-refractivity contribution is 8.00. The summed E-state index contributed by atoms with van der Waals surface area (Å²) < 4.78 is 1.95. The van der Waals surface area contributed by atoms with Crippen LogP contribution in [-0.4, -0.2) is 26.0 Å². The molecule has 7 heteroatoms. The highest BCUT2D eigenvalue weighted by Crippen LogP contribution is 2.38. The van der Waals surface area contributed by atoms with Gasteiger partial charge in [-0.1, -0.05) is 67.6 Å². The summed E-state index contributed by atoms with van der Waals surface area (Å²) in [4.78, 5) is 13.4. The maximum atomic E-state index is 13.4. The van der Waals surface area contributed by atoms with Gasteiger partial charge in [-0.2, -0.15) is 0 Å². The highest BCUT2D eigenvalue weighted by atomic mass is 32.2. The Morgan fingerprint density at radius 2 is 1.90 bits per heavy atom. The number of nitrogens with one attached hydrogen (secondary N) is 2. The second-order valence-corrected chi connectivity index (χ2v) is 9.14. The SMILES string of the molecule is CCCc1nnc2n1N[C@H](c1ccc(CC)cc1)[C@H](C(=O)Nc1ccc(C)cc1C)S2. The Kier molecular flexibility index (Phi) is 6.32. The Morgan fingerprint density at radius 1 is 1.13 bits per heavy atom. The van der Waals surface area contributed by atoms with Crippen LogP contribution < -0.4 is 10.7 Å². The van der Waals surface area contributed by atoms with Crippen molar-refractivity contribution in [1.82, 2.24) is 14.9 Å². The lowest BCUT2D eigenvalue weighted by Crippen LogP contribution is -2.41. The Balaban J connectivity index is 1.67. The molecule has 0 unspecified atom stereocenters. The van der Waals surface area contributed by atoms with E-state index in [-0.39, 0.29) is 17.2 Å². The molecule has 162 valence electrons. The number of carbonyl (C=O) groups is 1. The van der Waals surface area contributed by atoms with Crippen LogP contribution in [0.4, 0.5) is 5.69 Å². The van der Waals surface area contributed by atoms with Crippen molar-refractivity contribution in [3.8, 4) is 0 Å². The molecule has 0 saturated heterocycles. The maximum Gasteiger partial charge on any atom is 0.240 e. The Hall–Kier alpha value is -2.80. The zero-order valence-electron chi connectivity index (χ0n) is 18.5. The monoisotopic (exact) mass is 435 g/mol. The molecule has 2 heterocycles. The van der Waals surface area contributed by atoms with Crippen LogP contribution in [0.2, 0.25) is 0 Å². The maximum absolute atomic E-state index is 13.4. The Bertz CT molecular complexity index is 1080. The predicted molar refractivity (Wildman–Crippen MR) is 126 cm³/mol. The molecule has 1 aromatic heterocycles. The molecule has 1 aliphatic heterocycles. The van der Waals surface area contributed by atoms with Crippen molar-refractivity contribution < 1.29 is 4.79 Å². The van der Waals surface area contributed by atoms with E-state index in [4.69, 9.17) is 0 Å². The van der Waals surface area contributed by atoms with Gasteiger partial charge in [0.05, 0.1) is 6.04 Å². The molecule has 3 aromatic rings. The number of aromatic nitrogens is 3. The largest absolute Gasteiger partial charge is 0.325 e. The first-order chi connectivity index (χ1) is 15.0. The van der Waals surface area contributed by atoms with Gasteiger partial charge < -0.3 is 10.7 Å². The van der Waals surface area contributed by atoms with Crippen LogP contribution in [-0.2, 0) is 17.6 Å². The van der Waals surface area contributed by atoms with Crippen LogP contribution in [0.3, 0.4) is 0 Å². The van der Waals surface area contributed by atoms with Gasteiger partial charge in [0.1, 0.15) is 5.25 Å². The second kappa shape index (κ2) is 9.14. The van der Waals surface area contributed by atoms with Crippen LogP contribution in [0.1, 0.15) is 54.4 Å². The van der Waals surface area contributed by atoms with Crippen LogP contribution in [0, 0.1) is 13.8 Å². The van der Waals surface area contributed by atoms with E-state index in [1.807, 2.05) is 23.7 Å². The summed E-state index contributed by atoms with van der Waals surface area (Å²) in [5.74, 6) is 0.855. The molecule has 2 N–H and O–H groups in total. The zero-order chi connectivity index (χ0) is 22.0. The zero-order valence-corrected chi connectivity index (χ0v) is 19.3. The number of amides is 1. The van der Waals surface area contributed by atoms with E-state index in [0.29, 0.717) is 0 Å². The molecule has 1 amide bonds. The summed E-state index contributed by atoms with van der Waals surface area (Å²) >= 11 is 1.47. The fourth-order valence-corrected chi connectivity index (χ4v) is 4.95. The lowest BCUT2D eigenvalue weighted by Gasteiger charge is -2.33. The molecule has 0 saturated carbocycles. The van der Waals surface area contributed by atoms with Gasteiger partial charge in [0, 0.05) is 12.1 Å². The van der Waals surface area contributed by atoms with Crippen LogP contribution >= 0.6 is 11.8 Å². The topological polar surface area (TPSA) is 71.8 Å². The first-order valence-corrected chi connectivity index (χ1v) is 11.7. The third kappa shape index (κ3) is 4.46. The number of rotatable bonds is 6. The summed E-state index contributed by atoms with van der Waals surface area (Å²) in [6, 6.07) is 14.4. The molecule has 31 heavy (non-hydrogen) atoms. The van der Waals surface area contributed by atoms with Gasteiger partial charge in [-0.05, 0) is 49.4 Å². The third-order valence-electron chi connectivity index (χ3n) is 5.62. The Labute approximate surface area is 187 Å². The molecule has 0 fully saturated rings. The minimum atomic E-state index is -0.376. The summed E-state index contributed by atoms with van der Waals surface area (Å²) in [7, 11) is 0. The normalized spacial score (nSPS) is 17.7. The van der Waals surface area contributed by atoms with Crippen LogP contribution in [0.15, 0.2) is 47.6 Å². The minimum absolute atomic E-state index is 0.0414. The number of nitrogens with zero attached hydrogens (tertiary/aromatic N) is 3. The Morgan fingerprint density at radius 3 is 2.58 bits per heavy atom. The van der Waals surface area contributed by atoms with E-state index in [2.05, 4.69) is 72.0 Å². The van der Waals surface area contributed by atoms with E-state index in [1.54, 1.807) is 0 Å². The summed E-state index contributed by atoms with van der Waals surface area (Å²) in [5, 5.41) is 12.2. The average Bonchev–Trinajstić information content (AvgIpc) is 3.17. The highest BCUT2D eigenvalue weighted by Gasteiger charge is 2.37. The van der Waals surface area contributed by atoms with E-state index < -0.39 is 0 Å². The van der Waals surface area contributed by atoms with Crippen LogP contribution in [0.5, 0.6) is 0 Å². The fraction of sp³-hybridized carbons (Fsp3) is 0.375. The van der Waals surface area contributed by atoms with E-state index >= 15 is 0 Å². The number of thioether (sulfide) groups is 1. The number of fused-ring (bicyclic) bond motifs is 1. The fourth-order valence-electron chi connectivity index (χ4n) is 3.85. The molecule has 0 aliphatic carbocycles. The number of aryl methyl sites for hydroxylation is 4. The molecular formula is C24H29N5OS. The van der Waals surface area contributed by atoms with Crippen molar-refractivity contribution in [3.05, 3.63) is 70.5 Å². The summed E-state index contributed by atoms with van der Waals surface area (Å²) in [6.07, 6.45) is 2.80. The number of carbonyl (C=O) groups excluding carboxylic acids is 1. The van der Waals surface area contributed by atoms with Crippen molar-refractivity contribution >= 4 is 23.4 Å². The summed E-state index contributed by atoms with van der Waals surface area (Å²) in [6.45, 7) is 8.34. The molecule has 1 aliphatic rings. The van der Waals surface area contributed by atoms with Crippen LogP contribution in [0.25, 0.3) is 0 Å². The van der Waals surface area contributed by atoms with Crippen molar-refractivity contribution in [2.45, 2.75) is 63.4 Å². The standard InChI is InChI=1S/C24H29N5OS/c1-5-7-20-26-27-24-29(20)28-21(18-11-9-17(6-2)10-12-18)22(31-24)23(30)25-19-13-8-15(3)14-16(19)4/h8-14,21-22,28H,5-7H2,1-4H3,(H,25,30)/t21-,22-/m1/s1. The lowest BCUT2D eigenvalue weighted by atomic mass is 10.0. The molecule has 0 spiro atoms. The first-order valence-electron chi connectivity index (χ1n) is 10.8. The summed E-state index contributed by atoms with van der Waals surface area (Å²) in [5.41, 5.74) is 8.96. The van der Waals surface area contributed by atoms with E-state index in [1.165, 1.54) is 22.9 Å². The molecule has 4 rings (SSSR count). The van der Waals surface area contributed by atoms with Gasteiger partial charge >= 0.3 is 0 Å².